The van der Waals surface area contributed by atoms with Crippen LogP contribution in [0.25, 0.3) is 0 Å². The molecule has 0 radical (unpaired) electrons. The Balaban J connectivity index is 1.17. The zero-order valence-electron chi connectivity index (χ0n) is 17.2. The average molecular weight is 386 g/mol. The van der Waals surface area contributed by atoms with Crippen molar-refractivity contribution in [3.8, 4) is 5.75 Å². The summed E-state index contributed by atoms with van der Waals surface area (Å²) in [6, 6.07) is 29.9. The van der Waals surface area contributed by atoms with Crippen molar-refractivity contribution in [3.63, 3.8) is 0 Å². The number of hydrogen-bond acceptors (Lipinski definition) is 2. The van der Waals surface area contributed by atoms with Gasteiger partial charge in [0.2, 0.25) is 0 Å². The van der Waals surface area contributed by atoms with Crippen LogP contribution in [0.2, 0.25) is 0 Å². The van der Waals surface area contributed by atoms with Crippen LogP contribution in [-0.4, -0.2) is 24.5 Å². The Hall–Kier alpha value is -2.58. The third-order valence-electron chi connectivity index (χ3n) is 5.96. The molecule has 3 aromatic carbocycles. The topological polar surface area (TPSA) is 12.5 Å². The zero-order valence-corrected chi connectivity index (χ0v) is 17.2. The van der Waals surface area contributed by atoms with E-state index in [0.717, 1.165) is 24.6 Å². The Morgan fingerprint density at radius 2 is 1.31 bits per heavy atom. The fourth-order valence-corrected chi connectivity index (χ4v) is 4.14. The molecule has 0 unspecified atom stereocenters. The van der Waals surface area contributed by atoms with Gasteiger partial charge in [0.15, 0.2) is 0 Å². The molecule has 2 heteroatoms. The highest BCUT2D eigenvalue weighted by molar-refractivity contribution is 5.28. The summed E-state index contributed by atoms with van der Waals surface area (Å²) in [7, 11) is 0. The molecule has 1 aliphatic rings. The molecular formula is C27H31NO. The third-order valence-corrected chi connectivity index (χ3v) is 5.96. The average Bonchev–Trinajstić information content (AvgIpc) is 2.79. The van der Waals surface area contributed by atoms with E-state index in [1.165, 1.54) is 49.0 Å². The van der Waals surface area contributed by atoms with Crippen LogP contribution in [0.5, 0.6) is 5.75 Å². The summed E-state index contributed by atoms with van der Waals surface area (Å²) in [4.78, 5) is 2.63. The molecule has 0 N–H and O–H groups in total. The summed E-state index contributed by atoms with van der Waals surface area (Å²) in [5, 5.41) is 0. The molecule has 1 fully saturated rings. The Morgan fingerprint density at radius 1 is 0.690 bits per heavy atom. The standard InChI is InChI=1S/C27H31NO/c1-3-7-24(8-4-1)21-25-16-19-28(20-17-25)18-15-23-11-13-27(14-12-23)29-22-26-9-5-2-6-10-26/h1-14,25H,15-22H2. The number of rotatable bonds is 8. The predicted octanol–water partition coefficient (Wildman–Crippen LogP) is 5.76. The monoisotopic (exact) mass is 385 g/mol. The van der Waals surface area contributed by atoms with E-state index in [-0.39, 0.29) is 0 Å². The molecule has 0 atom stereocenters. The lowest BCUT2D eigenvalue weighted by atomic mass is 9.90. The Labute approximate surface area is 175 Å². The zero-order chi connectivity index (χ0) is 19.7. The van der Waals surface area contributed by atoms with Crippen LogP contribution in [0.15, 0.2) is 84.9 Å². The van der Waals surface area contributed by atoms with E-state index >= 15 is 0 Å². The molecular weight excluding hydrogens is 354 g/mol. The van der Waals surface area contributed by atoms with Gasteiger partial charge in [0.25, 0.3) is 0 Å². The van der Waals surface area contributed by atoms with Crippen molar-refractivity contribution in [2.24, 2.45) is 5.92 Å². The van der Waals surface area contributed by atoms with Crippen molar-refractivity contribution in [3.05, 3.63) is 102 Å². The molecule has 29 heavy (non-hydrogen) atoms. The predicted molar refractivity (Wildman–Crippen MR) is 120 cm³/mol. The van der Waals surface area contributed by atoms with Gasteiger partial charge < -0.3 is 9.64 Å². The maximum absolute atomic E-state index is 5.89. The molecule has 4 rings (SSSR count). The number of nitrogens with zero attached hydrogens (tertiary/aromatic N) is 1. The van der Waals surface area contributed by atoms with Crippen LogP contribution in [0.1, 0.15) is 29.5 Å². The van der Waals surface area contributed by atoms with Gasteiger partial charge in [-0.1, -0.05) is 72.8 Å². The maximum Gasteiger partial charge on any atom is 0.119 e. The summed E-state index contributed by atoms with van der Waals surface area (Å²) in [5.41, 5.74) is 4.08. The minimum Gasteiger partial charge on any atom is -0.489 e. The normalized spacial score (nSPS) is 15.3. The van der Waals surface area contributed by atoms with Crippen LogP contribution >= 0.6 is 0 Å². The van der Waals surface area contributed by atoms with Crippen molar-refractivity contribution in [1.29, 1.82) is 0 Å². The van der Waals surface area contributed by atoms with E-state index in [4.69, 9.17) is 4.74 Å². The second kappa shape index (κ2) is 10.3. The summed E-state index contributed by atoms with van der Waals surface area (Å²) < 4.78 is 5.89. The molecule has 1 aliphatic heterocycles. The molecule has 0 spiro atoms. The molecule has 0 aromatic heterocycles. The highest BCUT2D eigenvalue weighted by Crippen LogP contribution is 2.22. The smallest absolute Gasteiger partial charge is 0.119 e. The first kappa shape index (κ1) is 19.7. The molecule has 0 saturated carbocycles. The van der Waals surface area contributed by atoms with E-state index in [0.29, 0.717) is 6.61 Å². The number of ether oxygens (including phenoxy) is 1. The number of piperidine rings is 1. The summed E-state index contributed by atoms with van der Waals surface area (Å²) in [5.74, 6) is 1.79. The van der Waals surface area contributed by atoms with Crippen LogP contribution in [-0.2, 0) is 19.4 Å². The van der Waals surface area contributed by atoms with Crippen LogP contribution in [0.4, 0.5) is 0 Å². The molecule has 0 bridgehead atoms. The van der Waals surface area contributed by atoms with E-state index < -0.39 is 0 Å². The number of likely N-dealkylation sites (tertiary alicyclic amines) is 1. The molecule has 3 aromatic rings. The van der Waals surface area contributed by atoms with Crippen molar-refractivity contribution < 1.29 is 4.74 Å². The van der Waals surface area contributed by atoms with Gasteiger partial charge in [0.1, 0.15) is 12.4 Å². The SMILES string of the molecule is c1ccc(COc2ccc(CCN3CCC(Cc4ccccc4)CC3)cc2)cc1. The lowest BCUT2D eigenvalue weighted by Crippen LogP contribution is -2.35. The molecule has 150 valence electrons. The van der Waals surface area contributed by atoms with Gasteiger partial charge in [0.05, 0.1) is 0 Å². The van der Waals surface area contributed by atoms with Gasteiger partial charge in [-0.05, 0) is 73.5 Å². The van der Waals surface area contributed by atoms with Gasteiger partial charge in [-0.2, -0.15) is 0 Å². The maximum atomic E-state index is 5.89. The molecule has 1 saturated heterocycles. The minimum absolute atomic E-state index is 0.623. The first-order valence-corrected chi connectivity index (χ1v) is 10.9. The van der Waals surface area contributed by atoms with Crippen molar-refractivity contribution in [1.82, 2.24) is 4.90 Å². The van der Waals surface area contributed by atoms with Gasteiger partial charge in [-0.3, -0.25) is 0 Å². The second-order valence-electron chi connectivity index (χ2n) is 8.14. The van der Waals surface area contributed by atoms with Crippen LogP contribution in [0, 0.1) is 5.92 Å². The Morgan fingerprint density at radius 3 is 1.97 bits per heavy atom. The summed E-state index contributed by atoms with van der Waals surface area (Å²) in [6.45, 7) is 4.24. The minimum atomic E-state index is 0.623. The highest BCUT2D eigenvalue weighted by Gasteiger charge is 2.19. The first-order valence-electron chi connectivity index (χ1n) is 10.9. The van der Waals surface area contributed by atoms with E-state index in [2.05, 4.69) is 71.6 Å². The highest BCUT2D eigenvalue weighted by atomic mass is 16.5. The number of hydrogen-bond donors (Lipinski definition) is 0. The van der Waals surface area contributed by atoms with Gasteiger partial charge in [0, 0.05) is 6.54 Å². The quantitative estimate of drug-likeness (QED) is 0.488. The van der Waals surface area contributed by atoms with E-state index in [1.54, 1.807) is 0 Å². The van der Waals surface area contributed by atoms with Crippen LogP contribution in [0.3, 0.4) is 0 Å². The largest absolute Gasteiger partial charge is 0.489 e. The number of benzene rings is 3. The first-order chi connectivity index (χ1) is 14.3. The Kier molecular flexibility index (Phi) is 6.98. The van der Waals surface area contributed by atoms with Gasteiger partial charge >= 0.3 is 0 Å². The van der Waals surface area contributed by atoms with Crippen molar-refractivity contribution in [2.75, 3.05) is 19.6 Å². The van der Waals surface area contributed by atoms with E-state index in [1.807, 2.05) is 18.2 Å². The fourth-order valence-electron chi connectivity index (χ4n) is 4.14. The van der Waals surface area contributed by atoms with Gasteiger partial charge in [-0.25, -0.2) is 0 Å². The van der Waals surface area contributed by atoms with Gasteiger partial charge in [-0.15, -0.1) is 0 Å². The molecule has 0 aliphatic carbocycles. The molecule has 1 heterocycles. The molecule has 2 nitrogen and oxygen atoms in total. The van der Waals surface area contributed by atoms with Crippen LogP contribution < -0.4 is 4.74 Å². The molecule has 0 amide bonds. The van der Waals surface area contributed by atoms with Crippen molar-refractivity contribution >= 4 is 0 Å². The fraction of sp³-hybridized carbons (Fsp3) is 0.333. The Bertz CT molecular complexity index is 837. The lowest BCUT2D eigenvalue weighted by Gasteiger charge is -2.32. The van der Waals surface area contributed by atoms with Crippen molar-refractivity contribution in [2.45, 2.75) is 32.3 Å². The summed E-state index contributed by atoms with van der Waals surface area (Å²) in [6.07, 6.45) is 4.99. The second-order valence-corrected chi connectivity index (χ2v) is 8.14. The lowest BCUT2D eigenvalue weighted by molar-refractivity contribution is 0.186. The third kappa shape index (κ3) is 6.20. The van der Waals surface area contributed by atoms with E-state index in [9.17, 15) is 0 Å². The summed E-state index contributed by atoms with van der Waals surface area (Å²) >= 11 is 0.